The minimum absolute atomic E-state index is 0.111. The zero-order valence-corrected chi connectivity index (χ0v) is 17.9. The first kappa shape index (κ1) is 23.7. The third kappa shape index (κ3) is 5.65. The van der Waals surface area contributed by atoms with E-state index in [1.807, 2.05) is 0 Å². The number of carboxylic acids is 1. The number of anilines is 1. The molecule has 1 fully saturated rings. The van der Waals surface area contributed by atoms with E-state index in [-0.39, 0.29) is 30.6 Å². The molecule has 1 saturated heterocycles. The molecule has 0 aromatic heterocycles. The Hall–Kier alpha value is -3.95. The lowest BCUT2D eigenvalue weighted by Gasteiger charge is -2.31. The summed E-state index contributed by atoms with van der Waals surface area (Å²) in [5.41, 5.74) is 0.741. The van der Waals surface area contributed by atoms with Crippen molar-refractivity contribution in [2.24, 2.45) is 0 Å². The lowest BCUT2D eigenvalue weighted by atomic mass is 10.0. The van der Waals surface area contributed by atoms with Gasteiger partial charge in [0.05, 0.1) is 36.8 Å². The number of amides is 3. The Bertz CT molecular complexity index is 1060. The average molecular weight is 456 g/mol. The molecule has 0 bridgehead atoms. The highest BCUT2D eigenvalue weighted by Gasteiger charge is 2.39. The van der Waals surface area contributed by atoms with Gasteiger partial charge in [0.2, 0.25) is 5.91 Å². The van der Waals surface area contributed by atoms with Crippen molar-refractivity contribution in [2.75, 3.05) is 18.5 Å². The molecule has 0 aliphatic carbocycles. The fourth-order valence-electron chi connectivity index (χ4n) is 3.80. The minimum atomic E-state index is -1.44. The third-order valence-corrected chi connectivity index (χ3v) is 5.24. The Kier molecular flexibility index (Phi) is 7.60. The van der Waals surface area contributed by atoms with Crippen molar-refractivity contribution in [1.29, 1.82) is 0 Å². The van der Waals surface area contributed by atoms with Gasteiger partial charge in [0.15, 0.2) is 0 Å². The van der Waals surface area contributed by atoms with E-state index in [0.717, 1.165) is 4.90 Å². The van der Waals surface area contributed by atoms with Crippen LogP contribution < -0.4 is 15.7 Å². The molecular formula is C23H23FN3O6-. The number of halogens is 1. The molecular weight excluding hydrogens is 433 g/mol. The van der Waals surface area contributed by atoms with E-state index in [1.165, 1.54) is 30.3 Å². The van der Waals surface area contributed by atoms with E-state index in [9.17, 15) is 28.7 Å². The van der Waals surface area contributed by atoms with Gasteiger partial charge in [-0.1, -0.05) is 24.3 Å². The molecule has 174 valence electrons. The van der Waals surface area contributed by atoms with E-state index < -0.39 is 48.3 Å². The predicted molar refractivity (Wildman–Crippen MR) is 113 cm³/mol. The maximum absolute atomic E-state index is 14.3. The summed E-state index contributed by atoms with van der Waals surface area (Å²) in [6.45, 7) is 1.36. The van der Waals surface area contributed by atoms with Crippen LogP contribution in [0.4, 0.5) is 14.9 Å². The molecule has 2 N–H and O–H groups in total. The second kappa shape index (κ2) is 10.6. The number of urea groups is 1. The van der Waals surface area contributed by atoms with E-state index in [4.69, 9.17) is 4.74 Å². The van der Waals surface area contributed by atoms with E-state index in [2.05, 4.69) is 10.6 Å². The van der Waals surface area contributed by atoms with Crippen molar-refractivity contribution < 1.29 is 33.4 Å². The van der Waals surface area contributed by atoms with Gasteiger partial charge in [0.25, 0.3) is 0 Å². The van der Waals surface area contributed by atoms with Gasteiger partial charge in [-0.2, -0.15) is 0 Å². The lowest BCUT2D eigenvalue weighted by molar-refractivity contribution is -0.310. The van der Waals surface area contributed by atoms with Crippen LogP contribution in [0.2, 0.25) is 0 Å². The highest BCUT2D eigenvalue weighted by Crippen LogP contribution is 2.37. The maximum Gasteiger partial charge on any atom is 0.338 e. The van der Waals surface area contributed by atoms with Crippen LogP contribution in [0, 0.1) is 5.82 Å². The molecule has 3 amide bonds. The zero-order chi connectivity index (χ0) is 24.0. The molecule has 2 unspecified atom stereocenters. The fourth-order valence-corrected chi connectivity index (χ4v) is 3.80. The van der Waals surface area contributed by atoms with E-state index in [0.29, 0.717) is 5.69 Å². The van der Waals surface area contributed by atoms with E-state index >= 15 is 0 Å². The summed E-state index contributed by atoms with van der Waals surface area (Å²) in [7, 11) is 0. The lowest BCUT2D eigenvalue weighted by Crippen LogP contribution is -2.50. The SMILES string of the molecule is CCOC(=O)c1cccc(NC(=O)NCC(=O)N2C(C(=O)[O-])CCC2c2ccccc2F)c1. The van der Waals surface area contributed by atoms with Gasteiger partial charge in [-0.25, -0.2) is 14.0 Å². The van der Waals surface area contributed by atoms with E-state index in [1.54, 1.807) is 25.1 Å². The Morgan fingerprint density at radius 2 is 1.88 bits per heavy atom. The molecule has 3 rings (SSSR count). The summed E-state index contributed by atoms with van der Waals surface area (Å²) >= 11 is 0. The largest absolute Gasteiger partial charge is 0.548 e. The van der Waals surface area contributed by atoms with Gasteiger partial charge in [-0.05, 0) is 44.0 Å². The van der Waals surface area contributed by atoms with Crippen molar-refractivity contribution >= 4 is 29.6 Å². The van der Waals surface area contributed by atoms with Crippen molar-refractivity contribution in [1.82, 2.24) is 10.2 Å². The first-order valence-corrected chi connectivity index (χ1v) is 10.4. The number of carbonyl (C=O) groups is 4. The summed E-state index contributed by atoms with van der Waals surface area (Å²) in [5.74, 6) is -3.22. The maximum atomic E-state index is 14.3. The van der Waals surface area contributed by atoms with Crippen LogP contribution in [0.3, 0.4) is 0 Å². The molecule has 2 aromatic carbocycles. The van der Waals surface area contributed by atoms with Crippen LogP contribution in [0.15, 0.2) is 48.5 Å². The number of likely N-dealkylation sites (tertiary alicyclic amines) is 1. The monoisotopic (exact) mass is 456 g/mol. The Morgan fingerprint density at radius 1 is 1.12 bits per heavy atom. The van der Waals surface area contributed by atoms with Crippen molar-refractivity contribution in [3.05, 3.63) is 65.5 Å². The van der Waals surface area contributed by atoms with Gasteiger partial charge in [-0.15, -0.1) is 0 Å². The van der Waals surface area contributed by atoms with Crippen LogP contribution in [0.1, 0.15) is 41.7 Å². The number of hydrogen-bond donors (Lipinski definition) is 2. The van der Waals surface area contributed by atoms with Crippen LogP contribution in [-0.4, -0.2) is 48.0 Å². The quantitative estimate of drug-likeness (QED) is 0.610. The molecule has 1 aliphatic heterocycles. The number of benzene rings is 2. The molecule has 0 saturated carbocycles. The van der Waals surface area contributed by atoms with Gasteiger partial charge < -0.3 is 30.2 Å². The molecule has 0 radical (unpaired) electrons. The molecule has 1 aliphatic rings. The molecule has 33 heavy (non-hydrogen) atoms. The summed E-state index contributed by atoms with van der Waals surface area (Å²) in [6, 6.07) is 9.13. The van der Waals surface area contributed by atoms with Gasteiger partial charge >= 0.3 is 12.0 Å². The Morgan fingerprint density at radius 3 is 2.58 bits per heavy atom. The highest BCUT2D eigenvalue weighted by molar-refractivity contribution is 5.95. The highest BCUT2D eigenvalue weighted by atomic mass is 19.1. The van der Waals surface area contributed by atoms with Crippen molar-refractivity contribution in [3.63, 3.8) is 0 Å². The summed E-state index contributed by atoms with van der Waals surface area (Å²) in [5, 5.41) is 16.4. The normalized spacial score (nSPS) is 17.3. The first-order valence-electron chi connectivity index (χ1n) is 10.4. The molecule has 2 aromatic rings. The predicted octanol–water partition coefficient (Wildman–Crippen LogP) is 1.61. The minimum Gasteiger partial charge on any atom is -0.548 e. The molecule has 2 atom stereocenters. The van der Waals surface area contributed by atoms with Crippen LogP contribution in [0.25, 0.3) is 0 Å². The second-order valence-corrected chi connectivity index (χ2v) is 7.36. The Balaban J connectivity index is 1.66. The average Bonchev–Trinajstić information content (AvgIpc) is 3.23. The zero-order valence-electron chi connectivity index (χ0n) is 17.9. The summed E-state index contributed by atoms with van der Waals surface area (Å²) in [4.78, 5) is 49.5. The number of esters is 1. The Labute approximate surface area is 189 Å². The number of aliphatic carboxylic acids is 1. The van der Waals surface area contributed by atoms with Gasteiger partial charge in [-0.3, -0.25) is 4.79 Å². The number of carbonyl (C=O) groups excluding carboxylic acids is 4. The van der Waals surface area contributed by atoms with Crippen molar-refractivity contribution in [3.8, 4) is 0 Å². The number of ether oxygens (including phenoxy) is 1. The molecule has 10 heteroatoms. The smallest absolute Gasteiger partial charge is 0.338 e. The van der Waals surface area contributed by atoms with Crippen LogP contribution in [0.5, 0.6) is 0 Å². The number of nitrogens with one attached hydrogen (secondary N) is 2. The first-order chi connectivity index (χ1) is 15.8. The topological polar surface area (TPSA) is 128 Å². The fraction of sp³-hybridized carbons (Fsp3) is 0.304. The number of rotatable bonds is 7. The summed E-state index contributed by atoms with van der Waals surface area (Å²) < 4.78 is 19.2. The summed E-state index contributed by atoms with van der Waals surface area (Å²) in [6.07, 6.45) is 0.359. The standard InChI is InChI=1S/C23H24FN3O6/c1-2-33-22(31)14-6-5-7-15(12-14)26-23(32)25-13-20(28)27-18(10-11-19(27)21(29)30)16-8-3-4-9-17(16)24/h3-9,12,18-19H,2,10-11,13H2,1H3,(H,29,30)(H2,25,26,32)/p-1. The number of carboxylic acid groups (broad SMARTS) is 1. The second-order valence-electron chi connectivity index (χ2n) is 7.36. The third-order valence-electron chi connectivity index (χ3n) is 5.24. The van der Waals surface area contributed by atoms with Gasteiger partial charge in [0.1, 0.15) is 5.82 Å². The van der Waals surface area contributed by atoms with Gasteiger partial charge in [0, 0.05) is 11.3 Å². The molecule has 1 heterocycles. The van der Waals surface area contributed by atoms with Crippen LogP contribution in [-0.2, 0) is 14.3 Å². The molecule has 9 nitrogen and oxygen atoms in total. The number of nitrogens with zero attached hydrogens (tertiary/aromatic N) is 1. The molecule has 0 spiro atoms. The van der Waals surface area contributed by atoms with Crippen molar-refractivity contribution in [2.45, 2.75) is 31.8 Å². The number of hydrogen-bond acceptors (Lipinski definition) is 6. The van der Waals surface area contributed by atoms with Crippen LogP contribution >= 0.6 is 0 Å².